The Morgan fingerprint density at radius 1 is 1.16 bits per heavy atom. The van der Waals surface area contributed by atoms with Gasteiger partial charge in [-0.3, -0.25) is 0 Å². The first kappa shape index (κ1) is 20.7. The maximum absolute atomic E-state index is 13.6. The summed E-state index contributed by atoms with van der Waals surface area (Å²) in [5, 5.41) is 13.9. The van der Waals surface area contributed by atoms with Crippen molar-refractivity contribution in [3.8, 4) is 11.6 Å². The van der Waals surface area contributed by atoms with Crippen molar-refractivity contribution in [1.29, 1.82) is 0 Å². The number of aromatic nitrogens is 2. The van der Waals surface area contributed by atoms with Gasteiger partial charge < -0.3 is 15.2 Å². The molecule has 2 heterocycles. The Morgan fingerprint density at radius 3 is 2.65 bits per heavy atom. The molecule has 1 atom stereocenters. The molecule has 0 aliphatic carbocycles. The molecule has 0 aliphatic rings. The number of hydrogen-bond acceptors (Lipinski definition) is 5. The van der Waals surface area contributed by atoms with E-state index in [1.807, 2.05) is 13.0 Å². The van der Waals surface area contributed by atoms with E-state index in [1.54, 1.807) is 48.8 Å². The Hall–Kier alpha value is -3.52. The van der Waals surface area contributed by atoms with Crippen LogP contribution < -0.4 is 10.1 Å². The number of nitrogens with one attached hydrogen (secondary N) is 1. The van der Waals surface area contributed by atoms with Gasteiger partial charge in [-0.15, -0.1) is 0 Å². The minimum Gasteiger partial charge on any atom is -0.478 e. The van der Waals surface area contributed by atoms with Crippen LogP contribution in [0.4, 0.5) is 10.2 Å². The Balaban J connectivity index is 1.71. The third-order valence-electron chi connectivity index (χ3n) is 4.74. The molecule has 4 aromatic rings. The third kappa shape index (κ3) is 4.49. The molecule has 0 amide bonds. The van der Waals surface area contributed by atoms with Crippen LogP contribution in [0.3, 0.4) is 0 Å². The molecule has 4 rings (SSSR count). The molecular weight excluding hydrogens is 465 g/mol. The number of hydrogen-bond donors (Lipinski definition) is 2. The molecule has 6 nitrogen and oxygen atoms in total. The molecule has 156 valence electrons. The molecule has 0 fully saturated rings. The standard InChI is InChI=1S/C23H17BrFN3O3/c1-13(14-5-7-15(8-6-14)23(29)30)28-21-20-18(9-10-26-21)19(24)12-27-22(20)31-17-4-2-3-16(25)11-17/h2-13H,1H3,(H,26,28)(H,29,30)/t13-/m0/s1. The fraction of sp³-hybridized carbons (Fsp3) is 0.0870. The lowest BCUT2D eigenvalue weighted by Crippen LogP contribution is -2.09. The summed E-state index contributed by atoms with van der Waals surface area (Å²) in [5.74, 6) is -0.240. The van der Waals surface area contributed by atoms with E-state index < -0.39 is 11.8 Å². The van der Waals surface area contributed by atoms with Crippen LogP contribution in [0.2, 0.25) is 0 Å². The number of carbonyl (C=O) groups is 1. The predicted octanol–water partition coefficient (Wildman–Crippen LogP) is 6.20. The van der Waals surface area contributed by atoms with E-state index >= 15 is 0 Å². The lowest BCUT2D eigenvalue weighted by Gasteiger charge is -2.18. The van der Waals surface area contributed by atoms with Crippen molar-refractivity contribution in [2.45, 2.75) is 13.0 Å². The van der Waals surface area contributed by atoms with E-state index in [2.05, 4.69) is 31.2 Å². The van der Waals surface area contributed by atoms with Crippen LogP contribution >= 0.6 is 15.9 Å². The number of fused-ring (bicyclic) bond motifs is 1. The first-order valence-electron chi connectivity index (χ1n) is 9.39. The summed E-state index contributed by atoms with van der Waals surface area (Å²) in [5.41, 5.74) is 1.11. The summed E-state index contributed by atoms with van der Waals surface area (Å²) < 4.78 is 20.2. The highest BCUT2D eigenvalue weighted by Crippen LogP contribution is 2.37. The van der Waals surface area contributed by atoms with E-state index in [-0.39, 0.29) is 17.5 Å². The highest BCUT2D eigenvalue weighted by molar-refractivity contribution is 9.10. The molecule has 0 spiro atoms. The normalized spacial score (nSPS) is 11.8. The van der Waals surface area contributed by atoms with Gasteiger partial charge in [-0.05, 0) is 58.7 Å². The van der Waals surface area contributed by atoms with Gasteiger partial charge in [0, 0.05) is 34.4 Å². The molecule has 0 aliphatic heterocycles. The number of ether oxygens (including phenoxy) is 1. The van der Waals surface area contributed by atoms with Crippen LogP contribution in [0.1, 0.15) is 28.9 Å². The molecule has 2 aromatic heterocycles. The number of benzene rings is 2. The van der Waals surface area contributed by atoms with Crippen molar-refractivity contribution >= 4 is 38.5 Å². The number of carboxylic acid groups (broad SMARTS) is 1. The van der Waals surface area contributed by atoms with Crippen LogP contribution in [0, 0.1) is 5.82 Å². The van der Waals surface area contributed by atoms with Crippen molar-refractivity contribution in [3.63, 3.8) is 0 Å². The maximum atomic E-state index is 13.6. The third-order valence-corrected chi connectivity index (χ3v) is 5.37. The van der Waals surface area contributed by atoms with Gasteiger partial charge in [0.05, 0.1) is 10.9 Å². The van der Waals surface area contributed by atoms with Crippen LogP contribution in [-0.4, -0.2) is 21.0 Å². The summed E-state index contributed by atoms with van der Waals surface area (Å²) in [6, 6.07) is 14.1. The second-order valence-corrected chi connectivity index (χ2v) is 7.70. The highest BCUT2D eigenvalue weighted by atomic mass is 79.9. The number of halogens is 2. The van der Waals surface area contributed by atoms with Crippen LogP contribution in [0.25, 0.3) is 10.8 Å². The lowest BCUT2D eigenvalue weighted by atomic mass is 10.1. The fourth-order valence-corrected chi connectivity index (χ4v) is 3.59. The zero-order chi connectivity index (χ0) is 22.0. The summed E-state index contributed by atoms with van der Waals surface area (Å²) in [6.45, 7) is 1.94. The predicted molar refractivity (Wildman–Crippen MR) is 119 cm³/mol. The van der Waals surface area contributed by atoms with Gasteiger partial charge in [0.1, 0.15) is 17.4 Å². The van der Waals surface area contributed by atoms with Crippen molar-refractivity contribution in [3.05, 3.63) is 88.4 Å². The molecule has 8 heteroatoms. The van der Waals surface area contributed by atoms with Crippen LogP contribution in [0.5, 0.6) is 11.6 Å². The Kier molecular flexibility index (Phi) is 5.81. The minimum absolute atomic E-state index is 0.179. The summed E-state index contributed by atoms with van der Waals surface area (Å²) in [7, 11) is 0. The summed E-state index contributed by atoms with van der Waals surface area (Å²) in [4.78, 5) is 19.9. The molecule has 0 bridgehead atoms. The number of carboxylic acids is 1. The number of anilines is 1. The van der Waals surface area contributed by atoms with Crippen LogP contribution in [-0.2, 0) is 0 Å². The van der Waals surface area contributed by atoms with Gasteiger partial charge in [-0.25, -0.2) is 19.2 Å². The van der Waals surface area contributed by atoms with Gasteiger partial charge in [0.25, 0.3) is 0 Å². The Labute approximate surface area is 185 Å². The molecule has 0 unspecified atom stereocenters. The SMILES string of the molecule is C[C@H](Nc1nccc2c(Br)cnc(Oc3cccc(F)c3)c12)c1ccc(C(=O)O)cc1. The van der Waals surface area contributed by atoms with E-state index in [0.717, 1.165) is 15.4 Å². The molecule has 0 saturated heterocycles. The number of nitrogens with zero attached hydrogens (tertiary/aromatic N) is 2. The van der Waals surface area contributed by atoms with E-state index in [9.17, 15) is 9.18 Å². The van der Waals surface area contributed by atoms with E-state index in [1.165, 1.54) is 12.1 Å². The minimum atomic E-state index is -0.974. The molecule has 2 aromatic carbocycles. The van der Waals surface area contributed by atoms with Gasteiger partial charge >= 0.3 is 5.97 Å². The highest BCUT2D eigenvalue weighted by Gasteiger charge is 2.16. The largest absolute Gasteiger partial charge is 0.478 e. The maximum Gasteiger partial charge on any atom is 0.335 e. The number of aromatic carboxylic acids is 1. The number of rotatable bonds is 6. The van der Waals surface area contributed by atoms with Gasteiger partial charge in [0.15, 0.2) is 0 Å². The van der Waals surface area contributed by atoms with E-state index in [4.69, 9.17) is 9.84 Å². The summed E-state index contributed by atoms with van der Waals surface area (Å²) in [6.07, 6.45) is 3.29. The van der Waals surface area contributed by atoms with Crippen molar-refractivity contribution in [1.82, 2.24) is 9.97 Å². The first-order chi connectivity index (χ1) is 14.9. The Bertz CT molecular complexity index is 1260. The molecule has 31 heavy (non-hydrogen) atoms. The monoisotopic (exact) mass is 481 g/mol. The zero-order valence-electron chi connectivity index (χ0n) is 16.3. The second-order valence-electron chi connectivity index (χ2n) is 6.85. The molecule has 0 radical (unpaired) electrons. The average molecular weight is 482 g/mol. The molecular formula is C23H17BrFN3O3. The number of pyridine rings is 2. The zero-order valence-corrected chi connectivity index (χ0v) is 17.9. The topological polar surface area (TPSA) is 84.3 Å². The van der Waals surface area contributed by atoms with Gasteiger partial charge in [-0.1, -0.05) is 18.2 Å². The lowest BCUT2D eigenvalue weighted by molar-refractivity contribution is 0.0697. The van der Waals surface area contributed by atoms with E-state index in [0.29, 0.717) is 17.0 Å². The van der Waals surface area contributed by atoms with Crippen molar-refractivity contribution < 1.29 is 19.0 Å². The van der Waals surface area contributed by atoms with Gasteiger partial charge in [0.2, 0.25) is 5.88 Å². The quantitative estimate of drug-likeness (QED) is 0.341. The van der Waals surface area contributed by atoms with Crippen LogP contribution in [0.15, 0.2) is 71.5 Å². The van der Waals surface area contributed by atoms with Crippen molar-refractivity contribution in [2.24, 2.45) is 0 Å². The fourth-order valence-electron chi connectivity index (χ4n) is 3.16. The first-order valence-corrected chi connectivity index (χ1v) is 10.2. The molecule has 2 N–H and O–H groups in total. The smallest absolute Gasteiger partial charge is 0.335 e. The van der Waals surface area contributed by atoms with Crippen molar-refractivity contribution in [2.75, 3.05) is 5.32 Å². The van der Waals surface area contributed by atoms with Gasteiger partial charge in [-0.2, -0.15) is 0 Å². The molecule has 0 saturated carbocycles. The average Bonchev–Trinajstić information content (AvgIpc) is 2.76. The Morgan fingerprint density at radius 2 is 1.94 bits per heavy atom. The second kappa shape index (κ2) is 8.69. The summed E-state index contributed by atoms with van der Waals surface area (Å²) >= 11 is 3.51.